The highest BCUT2D eigenvalue weighted by molar-refractivity contribution is 5.55. The van der Waals surface area contributed by atoms with E-state index in [1.54, 1.807) is 7.11 Å². The highest BCUT2D eigenvalue weighted by Crippen LogP contribution is 2.15. The Morgan fingerprint density at radius 3 is 2.61 bits per heavy atom. The first-order valence-electron chi connectivity index (χ1n) is 5.84. The summed E-state index contributed by atoms with van der Waals surface area (Å²) in [6.45, 7) is 0.687. The van der Waals surface area contributed by atoms with Crippen LogP contribution in [0.4, 0.5) is 5.95 Å². The second kappa shape index (κ2) is 6.07. The summed E-state index contributed by atoms with van der Waals surface area (Å²) < 4.78 is 5.01. The Bertz CT molecular complexity index is 502. The van der Waals surface area contributed by atoms with Gasteiger partial charge < -0.3 is 10.5 Å². The second-order valence-electron chi connectivity index (χ2n) is 3.90. The van der Waals surface area contributed by atoms with Crippen LogP contribution >= 0.6 is 0 Å². The maximum absolute atomic E-state index is 5.71. The Hall–Kier alpha value is -2.01. The van der Waals surface area contributed by atoms with Crippen LogP contribution in [-0.2, 0) is 11.2 Å². The molecule has 0 unspecified atom stereocenters. The van der Waals surface area contributed by atoms with Gasteiger partial charge in [0.1, 0.15) is 5.82 Å². The molecule has 1 heterocycles. The van der Waals surface area contributed by atoms with E-state index in [0.717, 1.165) is 18.4 Å². The molecule has 0 atom stereocenters. The largest absolute Gasteiger partial charge is 0.385 e. The van der Waals surface area contributed by atoms with E-state index in [1.807, 2.05) is 30.3 Å². The lowest BCUT2D eigenvalue weighted by Crippen LogP contribution is -2.06. The van der Waals surface area contributed by atoms with Crippen molar-refractivity contribution >= 4 is 5.95 Å². The lowest BCUT2D eigenvalue weighted by Gasteiger charge is -2.04. The summed E-state index contributed by atoms with van der Waals surface area (Å²) >= 11 is 0. The highest BCUT2D eigenvalue weighted by Gasteiger charge is 2.06. The van der Waals surface area contributed by atoms with Crippen molar-refractivity contribution in [1.82, 2.24) is 15.0 Å². The fraction of sp³-hybridized carbons (Fsp3) is 0.308. The van der Waals surface area contributed by atoms with Gasteiger partial charge in [-0.3, -0.25) is 0 Å². The average molecular weight is 244 g/mol. The smallest absolute Gasteiger partial charge is 0.223 e. The molecule has 0 amide bonds. The summed E-state index contributed by atoms with van der Waals surface area (Å²) in [5.74, 6) is 1.59. The minimum Gasteiger partial charge on any atom is -0.385 e. The normalized spacial score (nSPS) is 10.5. The van der Waals surface area contributed by atoms with Crippen molar-refractivity contribution in [1.29, 1.82) is 0 Å². The van der Waals surface area contributed by atoms with Crippen molar-refractivity contribution in [2.24, 2.45) is 0 Å². The van der Waals surface area contributed by atoms with Crippen molar-refractivity contribution in [3.63, 3.8) is 0 Å². The van der Waals surface area contributed by atoms with E-state index in [2.05, 4.69) is 15.0 Å². The number of nitrogen functional groups attached to an aromatic ring is 1. The summed E-state index contributed by atoms with van der Waals surface area (Å²) in [4.78, 5) is 12.7. The van der Waals surface area contributed by atoms with Gasteiger partial charge in [0, 0.05) is 25.7 Å². The zero-order valence-corrected chi connectivity index (χ0v) is 10.3. The number of ether oxygens (including phenoxy) is 1. The SMILES string of the molecule is COCCCc1nc(N)nc(-c2ccccc2)n1. The van der Waals surface area contributed by atoms with Crippen LogP contribution in [0, 0.1) is 0 Å². The first kappa shape index (κ1) is 12.4. The average Bonchev–Trinajstić information content (AvgIpc) is 2.39. The number of aromatic nitrogens is 3. The fourth-order valence-corrected chi connectivity index (χ4v) is 1.64. The minimum atomic E-state index is 0.260. The van der Waals surface area contributed by atoms with Crippen LogP contribution in [0.1, 0.15) is 12.2 Å². The van der Waals surface area contributed by atoms with E-state index in [0.29, 0.717) is 18.3 Å². The summed E-state index contributed by atoms with van der Waals surface area (Å²) in [5, 5.41) is 0. The second-order valence-corrected chi connectivity index (χ2v) is 3.90. The molecule has 0 aliphatic heterocycles. The van der Waals surface area contributed by atoms with Crippen molar-refractivity contribution in [2.75, 3.05) is 19.5 Å². The molecule has 5 nitrogen and oxygen atoms in total. The minimum absolute atomic E-state index is 0.260. The number of benzene rings is 1. The van der Waals surface area contributed by atoms with Crippen molar-refractivity contribution in [3.8, 4) is 11.4 Å². The van der Waals surface area contributed by atoms with Gasteiger partial charge in [0.25, 0.3) is 0 Å². The van der Waals surface area contributed by atoms with E-state index in [-0.39, 0.29) is 5.95 Å². The first-order chi connectivity index (χ1) is 8.79. The highest BCUT2D eigenvalue weighted by atomic mass is 16.5. The van der Waals surface area contributed by atoms with Gasteiger partial charge in [0.15, 0.2) is 5.82 Å². The van der Waals surface area contributed by atoms with Gasteiger partial charge in [-0.05, 0) is 6.42 Å². The molecule has 2 rings (SSSR count). The predicted octanol–water partition coefficient (Wildman–Crippen LogP) is 1.70. The van der Waals surface area contributed by atoms with Crippen LogP contribution in [0.2, 0.25) is 0 Å². The number of nitrogens with two attached hydrogens (primary N) is 1. The van der Waals surface area contributed by atoms with E-state index in [1.165, 1.54) is 0 Å². The molecule has 0 saturated heterocycles. The van der Waals surface area contributed by atoms with Crippen molar-refractivity contribution in [2.45, 2.75) is 12.8 Å². The van der Waals surface area contributed by atoms with Crippen LogP contribution in [0.25, 0.3) is 11.4 Å². The van der Waals surface area contributed by atoms with Crippen molar-refractivity contribution < 1.29 is 4.74 Å². The quantitative estimate of drug-likeness (QED) is 0.810. The van der Waals surface area contributed by atoms with Gasteiger partial charge in [0.2, 0.25) is 5.95 Å². The molecule has 0 bridgehead atoms. The zero-order chi connectivity index (χ0) is 12.8. The molecule has 2 aromatic rings. The predicted molar refractivity (Wildman–Crippen MR) is 69.9 cm³/mol. The van der Waals surface area contributed by atoms with Gasteiger partial charge in [-0.2, -0.15) is 9.97 Å². The lowest BCUT2D eigenvalue weighted by atomic mass is 10.2. The number of anilines is 1. The molecule has 0 fully saturated rings. The van der Waals surface area contributed by atoms with E-state index in [9.17, 15) is 0 Å². The monoisotopic (exact) mass is 244 g/mol. The third-order valence-electron chi connectivity index (χ3n) is 2.48. The molecular formula is C13H16N4O. The lowest BCUT2D eigenvalue weighted by molar-refractivity contribution is 0.194. The Labute approximate surface area is 106 Å². The Morgan fingerprint density at radius 1 is 1.11 bits per heavy atom. The molecule has 1 aromatic carbocycles. The van der Waals surface area contributed by atoms with Gasteiger partial charge in [-0.1, -0.05) is 30.3 Å². The van der Waals surface area contributed by atoms with E-state index >= 15 is 0 Å². The number of hydrogen-bond acceptors (Lipinski definition) is 5. The molecule has 5 heteroatoms. The molecule has 0 aliphatic carbocycles. The fourth-order valence-electron chi connectivity index (χ4n) is 1.64. The summed E-state index contributed by atoms with van der Waals surface area (Å²) in [7, 11) is 1.68. The molecule has 94 valence electrons. The molecule has 18 heavy (non-hydrogen) atoms. The maximum Gasteiger partial charge on any atom is 0.223 e. The number of methoxy groups -OCH3 is 1. The van der Waals surface area contributed by atoms with Gasteiger partial charge in [0.05, 0.1) is 0 Å². The maximum atomic E-state index is 5.71. The van der Waals surface area contributed by atoms with Crippen molar-refractivity contribution in [3.05, 3.63) is 36.2 Å². The van der Waals surface area contributed by atoms with Crippen LogP contribution < -0.4 is 5.73 Å². The third kappa shape index (κ3) is 3.24. The van der Waals surface area contributed by atoms with Gasteiger partial charge >= 0.3 is 0 Å². The summed E-state index contributed by atoms with van der Waals surface area (Å²) in [5.41, 5.74) is 6.65. The van der Waals surface area contributed by atoms with Crippen LogP contribution in [0.3, 0.4) is 0 Å². The number of aryl methyl sites for hydroxylation is 1. The zero-order valence-electron chi connectivity index (χ0n) is 10.3. The molecule has 0 aliphatic rings. The Kier molecular flexibility index (Phi) is 4.20. The molecule has 0 saturated carbocycles. The molecule has 0 radical (unpaired) electrons. The third-order valence-corrected chi connectivity index (χ3v) is 2.48. The molecule has 2 N–H and O–H groups in total. The number of rotatable bonds is 5. The molecular weight excluding hydrogens is 228 g/mol. The molecule has 1 aromatic heterocycles. The standard InChI is InChI=1S/C13H16N4O/c1-18-9-5-8-11-15-12(17-13(14)16-11)10-6-3-2-4-7-10/h2-4,6-7H,5,8-9H2,1H3,(H2,14,15,16,17). The first-order valence-corrected chi connectivity index (χ1v) is 5.84. The van der Waals surface area contributed by atoms with E-state index < -0.39 is 0 Å². The topological polar surface area (TPSA) is 73.9 Å². The van der Waals surface area contributed by atoms with Crippen LogP contribution in [0.5, 0.6) is 0 Å². The number of hydrogen-bond donors (Lipinski definition) is 1. The Balaban J connectivity index is 2.21. The van der Waals surface area contributed by atoms with E-state index in [4.69, 9.17) is 10.5 Å². The summed E-state index contributed by atoms with van der Waals surface area (Å²) in [6.07, 6.45) is 1.61. The molecule has 0 spiro atoms. The van der Waals surface area contributed by atoms with Gasteiger partial charge in [-0.15, -0.1) is 0 Å². The van der Waals surface area contributed by atoms with Crippen LogP contribution in [0.15, 0.2) is 30.3 Å². The summed E-state index contributed by atoms with van der Waals surface area (Å²) in [6, 6.07) is 9.74. The van der Waals surface area contributed by atoms with Gasteiger partial charge in [-0.25, -0.2) is 4.98 Å². The Morgan fingerprint density at radius 2 is 1.89 bits per heavy atom. The van der Waals surface area contributed by atoms with Crippen LogP contribution in [-0.4, -0.2) is 28.7 Å². The number of nitrogens with zero attached hydrogens (tertiary/aromatic N) is 3.